The van der Waals surface area contributed by atoms with Crippen LogP contribution in [0, 0.1) is 6.92 Å². The van der Waals surface area contributed by atoms with Crippen molar-refractivity contribution in [2.24, 2.45) is 0 Å². The van der Waals surface area contributed by atoms with Crippen LogP contribution in [0.4, 0.5) is 27.9 Å². The van der Waals surface area contributed by atoms with Crippen molar-refractivity contribution in [1.82, 2.24) is 14.3 Å². The number of anilines is 1. The van der Waals surface area contributed by atoms with Crippen LogP contribution in [-0.4, -0.2) is 48.1 Å². The number of alkyl halides is 5. The molecule has 0 aromatic carbocycles. The van der Waals surface area contributed by atoms with Gasteiger partial charge in [-0.2, -0.15) is 13.2 Å². The first kappa shape index (κ1) is 22.8. The minimum absolute atomic E-state index is 0.0209. The van der Waals surface area contributed by atoms with Crippen LogP contribution in [0.1, 0.15) is 35.3 Å². The zero-order chi connectivity index (χ0) is 22.3. The molecule has 1 saturated heterocycles. The first-order valence-electron chi connectivity index (χ1n) is 8.91. The van der Waals surface area contributed by atoms with Gasteiger partial charge in [0.05, 0.1) is 16.8 Å². The van der Waals surface area contributed by atoms with Crippen molar-refractivity contribution in [3.63, 3.8) is 0 Å². The van der Waals surface area contributed by atoms with Crippen LogP contribution < -0.4 is 5.32 Å². The second-order valence-corrected chi connectivity index (χ2v) is 10.2. The van der Waals surface area contributed by atoms with Gasteiger partial charge in [-0.3, -0.25) is 0 Å². The topological polar surface area (TPSA) is 75.2 Å². The second kappa shape index (κ2) is 8.35. The van der Waals surface area contributed by atoms with Crippen molar-refractivity contribution in [3.05, 3.63) is 28.3 Å². The second-order valence-electron chi connectivity index (χ2n) is 6.96. The molecule has 3 heterocycles. The number of piperidine rings is 1. The fourth-order valence-corrected chi connectivity index (χ4v) is 5.10. The average molecular weight is 470 g/mol. The molecule has 0 amide bonds. The number of nitrogens with one attached hydrogen (secondary N) is 1. The molecule has 30 heavy (non-hydrogen) atoms. The average Bonchev–Trinajstić information content (AvgIpc) is 3.02. The van der Waals surface area contributed by atoms with Crippen molar-refractivity contribution in [2.45, 2.75) is 38.4 Å². The fourth-order valence-electron chi connectivity index (χ4n) is 3.19. The Hall–Kier alpha value is -1.86. The molecule has 0 bridgehead atoms. The summed E-state index contributed by atoms with van der Waals surface area (Å²) in [7, 11) is -3.31. The summed E-state index contributed by atoms with van der Waals surface area (Å²) in [4.78, 5) is 7.91. The van der Waals surface area contributed by atoms with Crippen molar-refractivity contribution in [2.75, 3.05) is 24.7 Å². The Morgan fingerprint density at radius 3 is 2.40 bits per heavy atom. The van der Waals surface area contributed by atoms with Crippen LogP contribution in [0.5, 0.6) is 0 Å². The van der Waals surface area contributed by atoms with E-state index in [2.05, 4.69) is 15.3 Å². The molecule has 1 aliphatic rings. The summed E-state index contributed by atoms with van der Waals surface area (Å²) in [5, 5.41) is 2.93. The molecular formula is C17H19F5N4O2S2. The monoisotopic (exact) mass is 470 g/mol. The van der Waals surface area contributed by atoms with E-state index in [1.807, 2.05) is 0 Å². The highest BCUT2D eigenvalue weighted by Crippen LogP contribution is 2.41. The number of halogens is 5. The molecule has 2 aromatic rings. The molecule has 166 valence electrons. The number of hydrogen-bond acceptors (Lipinski definition) is 6. The molecule has 1 N–H and O–H groups in total. The number of hydrogen-bond donors (Lipinski definition) is 1. The Morgan fingerprint density at radius 1 is 1.27 bits per heavy atom. The van der Waals surface area contributed by atoms with E-state index in [4.69, 9.17) is 0 Å². The molecule has 0 saturated carbocycles. The van der Waals surface area contributed by atoms with E-state index in [-0.39, 0.29) is 40.4 Å². The van der Waals surface area contributed by atoms with Crippen LogP contribution in [0.2, 0.25) is 0 Å². The van der Waals surface area contributed by atoms with Gasteiger partial charge in [0.1, 0.15) is 5.56 Å². The molecule has 1 aliphatic heterocycles. The van der Waals surface area contributed by atoms with Crippen molar-refractivity contribution < 1.29 is 30.4 Å². The molecule has 0 atom stereocenters. The maximum Gasteiger partial charge on any atom is 0.420 e. The van der Waals surface area contributed by atoms with Crippen molar-refractivity contribution in [1.29, 1.82) is 0 Å². The minimum atomic E-state index is -4.75. The number of rotatable bonds is 5. The van der Waals surface area contributed by atoms with E-state index < -0.39 is 33.9 Å². The van der Waals surface area contributed by atoms with E-state index in [0.717, 1.165) is 23.7 Å². The van der Waals surface area contributed by atoms with Crippen LogP contribution in [-0.2, 0) is 16.2 Å². The molecule has 6 nitrogen and oxygen atoms in total. The summed E-state index contributed by atoms with van der Waals surface area (Å²) >= 11 is 0.812. The molecule has 0 spiro atoms. The third-order valence-corrected chi connectivity index (χ3v) is 7.15. The molecule has 3 rings (SSSR count). The van der Waals surface area contributed by atoms with Crippen LogP contribution in [0.25, 0.3) is 10.6 Å². The van der Waals surface area contributed by atoms with E-state index in [0.29, 0.717) is 19.0 Å². The number of aryl methyl sites for hydroxylation is 1. The SMILES string of the molecule is Cc1sc(-c2nc(NC3CCN(S(C)(=O)=O)CC3)ncc2C(F)(F)F)cc1C(F)F. The number of nitrogens with zero attached hydrogens (tertiary/aromatic N) is 3. The summed E-state index contributed by atoms with van der Waals surface area (Å²) in [6.45, 7) is 1.95. The predicted molar refractivity (Wildman–Crippen MR) is 103 cm³/mol. The van der Waals surface area contributed by atoms with Crippen LogP contribution in [0.3, 0.4) is 0 Å². The highest BCUT2D eigenvalue weighted by molar-refractivity contribution is 7.88. The van der Waals surface area contributed by atoms with Gasteiger partial charge in [0.15, 0.2) is 0 Å². The summed E-state index contributed by atoms with van der Waals surface area (Å²) in [5.74, 6) is -0.0690. The highest BCUT2D eigenvalue weighted by atomic mass is 32.2. The van der Waals surface area contributed by atoms with Crippen molar-refractivity contribution >= 4 is 27.3 Å². The van der Waals surface area contributed by atoms with Crippen molar-refractivity contribution in [3.8, 4) is 10.6 Å². The zero-order valence-corrected chi connectivity index (χ0v) is 17.6. The molecule has 2 aromatic heterocycles. The molecule has 0 radical (unpaired) electrons. The normalized spacial score (nSPS) is 16.9. The Bertz CT molecular complexity index is 1020. The lowest BCUT2D eigenvalue weighted by molar-refractivity contribution is -0.137. The van der Waals surface area contributed by atoms with Gasteiger partial charge < -0.3 is 5.32 Å². The summed E-state index contributed by atoms with van der Waals surface area (Å²) in [5.41, 5.74) is -1.90. The highest BCUT2D eigenvalue weighted by Gasteiger charge is 2.36. The summed E-state index contributed by atoms with van der Waals surface area (Å²) in [6.07, 6.45) is -4.95. The number of aromatic nitrogens is 2. The predicted octanol–water partition coefficient (Wildman–Crippen LogP) is 4.31. The Kier molecular flexibility index (Phi) is 6.35. The van der Waals surface area contributed by atoms with Gasteiger partial charge in [0.25, 0.3) is 6.43 Å². The van der Waals surface area contributed by atoms with E-state index in [9.17, 15) is 30.4 Å². The molecular weight excluding hydrogens is 451 g/mol. The van der Waals surface area contributed by atoms with Gasteiger partial charge in [-0.15, -0.1) is 11.3 Å². The Labute approximate surface area is 174 Å². The van der Waals surface area contributed by atoms with E-state index >= 15 is 0 Å². The van der Waals surface area contributed by atoms with Gasteiger partial charge in [-0.25, -0.2) is 31.5 Å². The van der Waals surface area contributed by atoms with Crippen LogP contribution in [0.15, 0.2) is 12.3 Å². The summed E-state index contributed by atoms with van der Waals surface area (Å²) < 4.78 is 91.0. The van der Waals surface area contributed by atoms with Gasteiger partial charge in [-0.1, -0.05) is 0 Å². The fraction of sp³-hybridized carbons (Fsp3) is 0.529. The number of sulfonamides is 1. The lowest BCUT2D eigenvalue weighted by Crippen LogP contribution is -2.42. The molecule has 0 aliphatic carbocycles. The first-order valence-corrected chi connectivity index (χ1v) is 11.6. The maximum absolute atomic E-state index is 13.4. The van der Waals surface area contributed by atoms with Crippen LogP contribution >= 0.6 is 11.3 Å². The smallest absolute Gasteiger partial charge is 0.351 e. The minimum Gasteiger partial charge on any atom is -0.351 e. The zero-order valence-electron chi connectivity index (χ0n) is 16.0. The largest absolute Gasteiger partial charge is 0.420 e. The molecule has 1 fully saturated rings. The van der Waals surface area contributed by atoms with E-state index in [1.165, 1.54) is 11.2 Å². The third kappa shape index (κ3) is 5.06. The van der Waals surface area contributed by atoms with E-state index in [1.54, 1.807) is 0 Å². The van der Waals surface area contributed by atoms with Gasteiger partial charge in [-0.05, 0) is 25.8 Å². The van der Waals surface area contributed by atoms with Gasteiger partial charge in [0.2, 0.25) is 16.0 Å². The Morgan fingerprint density at radius 2 is 1.90 bits per heavy atom. The maximum atomic E-state index is 13.4. The third-order valence-electron chi connectivity index (χ3n) is 4.77. The summed E-state index contributed by atoms with van der Waals surface area (Å²) in [6, 6.07) is 0.797. The quantitative estimate of drug-likeness (QED) is 0.660. The molecule has 0 unspecified atom stereocenters. The molecule has 13 heteroatoms. The lowest BCUT2D eigenvalue weighted by Gasteiger charge is -2.30. The van der Waals surface area contributed by atoms with Gasteiger partial charge in [0, 0.05) is 35.8 Å². The number of thiophene rings is 1. The lowest BCUT2D eigenvalue weighted by atomic mass is 10.1. The Balaban J connectivity index is 1.88. The standard InChI is InChI=1S/C17H19F5N4O2S2/c1-9-11(15(18)19)7-13(29-9)14-12(17(20,21)22)8-23-16(25-14)24-10-3-5-26(6-4-10)30(2,27)28/h7-8,10,15H,3-6H2,1-2H3,(H,23,24,25). The first-order chi connectivity index (χ1) is 13.9. The van der Waals surface area contributed by atoms with Gasteiger partial charge >= 0.3 is 6.18 Å².